The molecule has 4 aromatic carbocycles. The predicted octanol–water partition coefficient (Wildman–Crippen LogP) is 8.07. The molecule has 0 saturated carbocycles. The number of aryl methyl sites for hydroxylation is 1. The van der Waals surface area contributed by atoms with Crippen molar-refractivity contribution in [3.63, 3.8) is 0 Å². The van der Waals surface area contributed by atoms with Gasteiger partial charge in [-0.3, -0.25) is 0 Å². The lowest BCUT2D eigenvalue weighted by Crippen LogP contribution is -2.20. The summed E-state index contributed by atoms with van der Waals surface area (Å²) in [7, 11) is 0. The maximum absolute atomic E-state index is 13.6. The van der Waals surface area contributed by atoms with Gasteiger partial charge in [-0.1, -0.05) is 67.6 Å². The molecule has 4 aromatic rings. The minimum atomic E-state index is -0.971. The Morgan fingerprint density at radius 1 is 0.829 bits per heavy atom. The second kappa shape index (κ2) is 13.8. The molecule has 4 rings (SSSR count). The van der Waals surface area contributed by atoms with Gasteiger partial charge in [0.15, 0.2) is 0 Å². The molecule has 6 heteroatoms. The molecule has 0 aliphatic heterocycles. The predicted molar refractivity (Wildman–Crippen MR) is 158 cm³/mol. The summed E-state index contributed by atoms with van der Waals surface area (Å²) >= 11 is 0. The molecule has 0 aromatic heterocycles. The fourth-order valence-corrected chi connectivity index (χ4v) is 4.44. The Balaban J connectivity index is 1.46. The molecule has 0 amide bonds. The van der Waals surface area contributed by atoms with Gasteiger partial charge in [-0.15, -0.1) is 0 Å². The first-order chi connectivity index (χ1) is 19.8. The summed E-state index contributed by atoms with van der Waals surface area (Å²) in [5, 5.41) is 20.2. The summed E-state index contributed by atoms with van der Waals surface area (Å²) in [4.78, 5) is 0. The second-order valence-corrected chi connectivity index (χ2v) is 10.4. The number of halogens is 1. The van der Waals surface area contributed by atoms with Crippen molar-refractivity contribution < 1.29 is 23.7 Å². The van der Waals surface area contributed by atoms with E-state index in [-0.39, 0.29) is 5.82 Å². The van der Waals surface area contributed by atoms with E-state index in [1.54, 1.807) is 38.1 Å². The van der Waals surface area contributed by atoms with Gasteiger partial charge in [0.2, 0.25) is 0 Å². The van der Waals surface area contributed by atoms with Crippen LogP contribution in [0.2, 0.25) is 0 Å². The van der Waals surface area contributed by atoms with E-state index in [4.69, 9.17) is 14.2 Å². The molecule has 0 aliphatic carbocycles. The minimum absolute atomic E-state index is 0.288. The number of para-hydroxylation sites is 1. The SMILES string of the molecule is CCc1cc(-c2ccc(F)cc2)c(OCc2ccccc2)cc1OCCCOc1ccccc1C(O)C(C)(C)C#N. The largest absolute Gasteiger partial charge is 0.493 e. The molecule has 0 saturated heterocycles. The highest BCUT2D eigenvalue weighted by molar-refractivity contribution is 5.73. The van der Waals surface area contributed by atoms with E-state index in [2.05, 4.69) is 13.0 Å². The average Bonchev–Trinajstić information content (AvgIpc) is 3.00. The lowest BCUT2D eigenvalue weighted by Gasteiger charge is -2.25. The number of nitriles is 1. The Kier molecular flexibility index (Phi) is 10.00. The molecule has 0 radical (unpaired) electrons. The van der Waals surface area contributed by atoms with Crippen molar-refractivity contribution in [2.24, 2.45) is 5.41 Å². The zero-order valence-corrected chi connectivity index (χ0v) is 23.8. The number of hydrogen-bond acceptors (Lipinski definition) is 5. The Bertz CT molecular complexity index is 1460. The summed E-state index contributed by atoms with van der Waals surface area (Å²) in [6, 6.07) is 29.7. The monoisotopic (exact) mass is 553 g/mol. The van der Waals surface area contributed by atoms with Crippen LogP contribution in [-0.2, 0) is 13.0 Å². The Morgan fingerprint density at radius 3 is 2.17 bits per heavy atom. The molecular formula is C35H36FNO4. The van der Waals surface area contributed by atoms with Gasteiger partial charge in [0.1, 0.15) is 35.8 Å². The van der Waals surface area contributed by atoms with Gasteiger partial charge in [0.25, 0.3) is 0 Å². The molecule has 1 unspecified atom stereocenters. The lowest BCUT2D eigenvalue weighted by molar-refractivity contribution is 0.0830. The lowest BCUT2D eigenvalue weighted by atomic mass is 9.84. The molecule has 1 N–H and O–H groups in total. The topological polar surface area (TPSA) is 71.7 Å². The van der Waals surface area contributed by atoms with Crippen molar-refractivity contribution in [3.8, 4) is 34.4 Å². The summed E-state index contributed by atoms with van der Waals surface area (Å²) in [6.07, 6.45) is 0.384. The van der Waals surface area contributed by atoms with Crippen LogP contribution >= 0.6 is 0 Å². The maximum Gasteiger partial charge on any atom is 0.131 e. The number of aliphatic hydroxyl groups excluding tert-OH is 1. The van der Waals surface area contributed by atoms with E-state index in [1.807, 2.05) is 54.6 Å². The molecule has 212 valence electrons. The van der Waals surface area contributed by atoms with Gasteiger partial charge in [0.05, 0.1) is 24.7 Å². The van der Waals surface area contributed by atoms with E-state index >= 15 is 0 Å². The van der Waals surface area contributed by atoms with Crippen molar-refractivity contribution in [1.82, 2.24) is 0 Å². The number of nitrogens with zero attached hydrogens (tertiary/aromatic N) is 1. The summed E-state index contributed by atoms with van der Waals surface area (Å²) < 4.78 is 32.1. The molecule has 1 atom stereocenters. The summed E-state index contributed by atoms with van der Waals surface area (Å²) in [6.45, 7) is 6.65. The van der Waals surface area contributed by atoms with Crippen LogP contribution < -0.4 is 14.2 Å². The third kappa shape index (κ3) is 7.65. The molecule has 0 spiro atoms. The van der Waals surface area contributed by atoms with Crippen LogP contribution in [0.4, 0.5) is 4.39 Å². The van der Waals surface area contributed by atoms with Crippen LogP contribution in [0.1, 0.15) is 50.0 Å². The molecule has 0 aliphatic rings. The van der Waals surface area contributed by atoms with Crippen LogP contribution in [0.15, 0.2) is 91.0 Å². The highest BCUT2D eigenvalue weighted by Crippen LogP contribution is 2.38. The number of hydrogen-bond donors (Lipinski definition) is 1. The average molecular weight is 554 g/mol. The Hall–Kier alpha value is -4.34. The van der Waals surface area contributed by atoms with Crippen molar-refractivity contribution in [2.45, 2.75) is 46.3 Å². The number of rotatable bonds is 13. The number of aliphatic hydroxyl groups is 1. The number of ether oxygens (including phenoxy) is 3. The van der Waals surface area contributed by atoms with Crippen LogP contribution in [0.5, 0.6) is 17.2 Å². The first kappa shape index (κ1) is 29.6. The molecule has 0 fully saturated rings. The van der Waals surface area contributed by atoms with Gasteiger partial charge in [-0.2, -0.15) is 5.26 Å². The van der Waals surface area contributed by atoms with Crippen molar-refractivity contribution in [3.05, 3.63) is 114 Å². The summed E-state index contributed by atoms with van der Waals surface area (Å²) in [5.74, 6) is 1.65. The first-order valence-electron chi connectivity index (χ1n) is 13.9. The zero-order valence-electron chi connectivity index (χ0n) is 23.8. The molecule has 0 bridgehead atoms. The maximum atomic E-state index is 13.6. The Labute approximate surface area is 241 Å². The molecule has 41 heavy (non-hydrogen) atoms. The van der Waals surface area contributed by atoms with Crippen molar-refractivity contribution in [2.75, 3.05) is 13.2 Å². The van der Waals surface area contributed by atoms with E-state index in [0.717, 1.165) is 34.4 Å². The molecular weight excluding hydrogens is 517 g/mol. The van der Waals surface area contributed by atoms with Gasteiger partial charge in [0, 0.05) is 23.6 Å². The van der Waals surface area contributed by atoms with E-state index in [0.29, 0.717) is 43.3 Å². The van der Waals surface area contributed by atoms with Gasteiger partial charge in [-0.05, 0) is 61.2 Å². The second-order valence-electron chi connectivity index (χ2n) is 10.4. The quantitative estimate of drug-likeness (QED) is 0.170. The van der Waals surface area contributed by atoms with Crippen LogP contribution in [0.25, 0.3) is 11.1 Å². The van der Waals surface area contributed by atoms with Crippen LogP contribution in [-0.4, -0.2) is 18.3 Å². The van der Waals surface area contributed by atoms with E-state index in [9.17, 15) is 14.8 Å². The summed E-state index contributed by atoms with van der Waals surface area (Å²) in [5.41, 5.74) is 3.45. The third-order valence-corrected chi connectivity index (χ3v) is 6.93. The van der Waals surface area contributed by atoms with Gasteiger partial charge >= 0.3 is 0 Å². The van der Waals surface area contributed by atoms with Gasteiger partial charge in [-0.25, -0.2) is 4.39 Å². The van der Waals surface area contributed by atoms with Gasteiger partial charge < -0.3 is 19.3 Å². The van der Waals surface area contributed by atoms with E-state index in [1.165, 1.54) is 12.1 Å². The van der Waals surface area contributed by atoms with Crippen molar-refractivity contribution in [1.29, 1.82) is 5.26 Å². The van der Waals surface area contributed by atoms with Crippen LogP contribution in [0, 0.1) is 22.6 Å². The van der Waals surface area contributed by atoms with Crippen LogP contribution in [0.3, 0.4) is 0 Å². The smallest absolute Gasteiger partial charge is 0.131 e. The minimum Gasteiger partial charge on any atom is -0.493 e. The fraction of sp³-hybridized carbons (Fsp3) is 0.286. The number of benzene rings is 4. The highest BCUT2D eigenvalue weighted by Gasteiger charge is 2.31. The van der Waals surface area contributed by atoms with Crippen molar-refractivity contribution >= 4 is 0 Å². The first-order valence-corrected chi connectivity index (χ1v) is 13.9. The third-order valence-electron chi connectivity index (χ3n) is 6.93. The standard InChI is InChI=1S/C35H36FNO4/c1-4-26-21-30(27-15-17-28(36)18-16-27)33(41-23-25-11-6-5-7-12-25)22-32(26)40-20-10-19-39-31-14-9-8-13-29(31)34(38)35(2,3)24-37/h5-9,11-18,21-22,34,38H,4,10,19-20,23H2,1-3H3. The molecule has 5 nitrogen and oxygen atoms in total. The highest BCUT2D eigenvalue weighted by atomic mass is 19.1. The zero-order chi connectivity index (χ0) is 29.2. The fourth-order valence-electron chi connectivity index (χ4n) is 4.44. The Morgan fingerprint density at radius 2 is 1.49 bits per heavy atom. The molecule has 0 heterocycles. The normalized spacial score (nSPS) is 11.9. The van der Waals surface area contributed by atoms with E-state index < -0.39 is 11.5 Å².